The van der Waals surface area contributed by atoms with Gasteiger partial charge in [-0.2, -0.15) is 4.80 Å². The summed E-state index contributed by atoms with van der Waals surface area (Å²) in [7, 11) is 1.74. The lowest BCUT2D eigenvalue weighted by Gasteiger charge is -2.14. The smallest absolute Gasteiger partial charge is 0.176 e. The largest absolute Gasteiger partial charge is 0.325 e. The molecule has 1 aromatic rings. The highest BCUT2D eigenvalue weighted by molar-refractivity contribution is 4.88. The zero-order valence-corrected chi connectivity index (χ0v) is 7.07. The third-order valence-electron chi connectivity index (χ3n) is 1.16. The molecule has 0 aliphatic rings. The van der Waals surface area contributed by atoms with Crippen molar-refractivity contribution in [1.29, 1.82) is 0 Å². The zero-order valence-electron chi connectivity index (χ0n) is 7.07. The minimum absolute atomic E-state index is 0.261. The predicted molar refractivity (Wildman–Crippen MR) is 40.8 cm³/mol. The second kappa shape index (κ2) is 2.58. The van der Waals surface area contributed by atoms with Crippen LogP contribution in [0.25, 0.3) is 0 Å². The summed E-state index contributed by atoms with van der Waals surface area (Å²) in [6.07, 6.45) is 0.654. The van der Waals surface area contributed by atoms with Crippen molar-refractivity contribution in [3.8, 4) is 0 Å². The second-order valence-corrected chi connectivity index (χ2v) is 3.36. The Morgan fingerprint density at radius 2 is 2.18 bits per heavy atom. The fourth-order valence-electron chi connectivity index (χ4n) is 0.802. The minimum Gasteiger partial charge on any atom is -0.325 e. The van der Waals surface area contributed by atoms with E-state index >= 15 is 0 Å². The van der Waals surface area contributed by atoms with Crippen LogP contribution < -0.4 is 5.73 Å². The van der Waals surface area contributed by atoms with E-state index in [1.54, 1.807) is 7.05 Å². The summed E-state index contributed by atoms with van der Waals surface area (Å²) in [5.74, 6) is 0.694. The Labute approximate surface area is 65.6 Å². The lowest BCUT2D eigenvalue weighted by Crippen LogP contribution is -2.34. The molecule has 62 valence electrons. The third kappa shape index (κ3) is 2.63. The number of nitrogens with zero attached hydrogens (tertiary/aromatic N) is 4. The highest BCUT2D eigenvalue weighted by Crippen LogP contribution is 2.03. The summed E-state index contributed by atoms with van der Waals surface area (Å²) in [4.78, 5) is 1.43. The van der Waals surface area contributed by atoms with Gasteiger partial charge < -0.3 is 5.73 Å². The quantitative estimate of drug-likeness (QED) is 0.624. The third-order valence-corrected chi connectivity index (χ3v) is 1.16. The van der Waals surface area contributed by atoms with E-state index in [9.17, 15) is 0 Å². The first kappa shape index (κ1) is 8.13. The van der Waals surface area contributed by atoms with Crippen LogP contribution in [-0.4, -0.2) is 25.7 Å². The van der Waals surface area contributed by atoms with E-state index < -0.39 is 0 Å². The fourth-order valence-corrected chi connectivity index (χ4v) is 0.802. The zero-order chi connectivity index (χ0) is 8.48. The first-order valence-electron chi connectivity index (χ1n) is 3.49. The Morgan fingerprint density at radius 1 is 1.55 bits per heavy atom. The Bertz CT molecular complexity index is 233. The van der Waals surface area contributed by atoms with Crippen molar-refractivity contribution in [2.75, 3.05) is 0 Å². The van der Waals surface area contributed by atoms with Gasteiger partial charge in [-0.05, 0) is 19.1 Å². The van der Waals surface area contributed by atoms with Crippen LogP contribution in [0.15, 0.2) is 0 Å². The number of hydrogen-bond donors (Lipinski definition) is 1. The second-order valence-electron chi connectivity index (χ2n) is 3.36. The average Bonchev–Trinajstić information content (AvgIpc) is 2.10. The summed E-state index contributed by atoms with van der Waals surface area (Å²) >= 11 is 0. The Balaban J connectivity index is 2.65. The molecule has 0 fully saturated rings. The van der Waals surface area contributed by atoms with Crippen LogP contribution in [0, 0.1) is 0 Å². The standard InChI is InChI=1S/C6H13N5/c1-6(2,7)4-5-8-10-11(3)9-5/h4,7H2,1-3H3. The van der Waals surface area contributed by atoms with Gasteiger partial charge in [0.1, 0.15) is 0 Å². The predicted octanol–water partition coefficient (Wildman–Crippen LogP) is -0.510. The van der Waals surface area contributed by atoms with E-state index in [4.69, 9.17) is 5.73 Å². The number of nitrogens with two attached hydrogens (primary N) is 1. The topological polar surface area (TPSA) is 69.6 Å². The molecule has 0 atom stereocenters. The van der Waals surface area contributed by atoms with Gasteiger partial charge in [0, 0.05) is 12.0 Å². The molecule has 1 aromatic heterocycles. The van der Waals surface area contributed by atoms with E-state index in [1.807, 2.05) is 13.8 Å². The van der Waals surface area contributed by atoms with Crippen LogP contribution in [0.4, 0.5) is 0 Å². The Kier molecular flexibility index (Phi) is 1.90. The molecule has 11 heavy (non-hydrogen) atoms. The van der Waals surface area contributed by atoms with Crippen LogP contribution >= 0.6 is 0 Å². The molecular formula is C6H13N5. The summed E-state index contributed by atoms with van der Waals surface area (Å²) in [5.41, 5.74) is 5.50. The highest BCUT2D eigenvalue weighted by atomic mass is 15.6. The van der Waals surface area contributed by atoms with E-state index in [0.717, 1.165) is 0 Å². The number of tetrazole rings is 1. The van der Waals surface area contributed by atoms with E-state index in [1.165, 1.54) is 4.80 Å². The molecule has 0 aliphatic heterocycles. The van der Waals surface area contributed by atoms with E-state index in [0.29, 0.717) is 12.2 Å². The molecule has 0 amide bonds. The number of aryl methyl sites for hydroxylation is 1. The van der Waals surface area contributed by atoms with Gasteiger partial charge in [-0.15, -0.1) is 10.2 Å². The van der Waals surface area contributed by atoms with Gasteiger partial charge in [-0.1, -0.05) is 0 Å². The van der Waals surface area contributed by atoms with Gasteiger partial charge >= 0.3 is 0 Å². The molecule has 0 saturated heterocycles. The first-order chi connectivity index (χ1) is 4.97. The summed E-state index contributed by atoms with van der Waals surface area (Å²) in [6, 6.07) is 0. The lowest BCUT2D eigenvalue weighted by atomic mass is 10.0. The molecule has 0 bridgehead atoms. The summed E-state index contributed by atoms with van der Waals surface area (Å²) in [5, 5.41) is 11.5. The molecule has 0 aliphatic carbocycles. The maximum absolute atomic E-state index is 5.76. The minimum atomic E-state index is -0.261. The molecule has 5 nitrogen and oxygen atoms in total. The number of rotatable bonds is 2. The van der Waals surface area contributed by atoms with Crippen LogP contribution in [-0.2, 0) is 13.5 Å². The average molecular weight is 155 g/mol. The van der Waals surface area contributed by atoms with Gasteiger partial charge in [0.2, 0.25) is 0 Å². The fraction of sp³-hybridized carbons (Fsp3) is 0.833. The Morgan fingerprint density at radius 3 is 2.55 bits per heavy atom. The molecule has 1 rings (SSSR count). The molecule has 1 heterocycles. The molecule has 0 radical (unpaired) electrons. The lowest BCUT2D eigenvalue weighted by molar-refractivity contribution is 0.500. The molecule has 0 aromatic carbocycles. The van der Waals surface area contributed by atoms with Crippen molar-refractivity contribution < 1.29 is 0 Å². The van der Waals surface area contributed by atoms with Crippen molar-refractivity contribution in [3.63, 3.8) is 0 Å². The van der Waals surface area contributed by atoms with Crippen molar-refractivity contribution in [2.45, 2.75) is 25.8 Å². The van der Waals surface area contributed by atoms with Crippen molar-refractivity contribution >= 4 is 0 Å². The monoisotopic (exact) mass is 155 g/mol. The summed E-state index contributed by atoms with van der Waals surface area (Å²) in [6.45, 7) is 3.87. The molecular weight excluding hydrogens is 142 g/mol. The van der Waals surface area contributed by atoms with E-state index in [-0.39, 0.29) is 5.54 Å². The first-order valence-corrected chi connectivity index (χ1v) is 3.49. The van der Waals surface area contributed by atoms with Crippen molar-refractivity contribution in [2.24, 2.45) is 12.8 Å². The number of aromatic nitrogens is 4. The van der Waals surface area contributed by atoms with Crippen LogP contribution in [0.2, 0.25) is 0 Å². The SMILES string of the molecule is Cn1nnc(CC(C)(C)N)n1. The molecule has 0 unspecified atom stereocenters. The van der Waals surface area contributed by atoms with Crippen LogP contribution in [0.5, 0.6) is 0 Å². The normalized spacial score (nSPS) is 12.0. The number of hydrogen-bond acceptors (Lipinski definition) is 4. The summed E-state index contributed by atoms with van der Waals surface area (Å²) < 4.78 is 0. The molecule has 0 spiro atoms. The van der Waals surface area contributed by atoms with Gasteiger partial charge in [0.15, 0.2) is 5.82 Å². The highest BCUT2D eigenvalue weighted by Gasteiger charge is 2.14. The van der Waals surface area contributed by atoms with Gasteiger partial charge in [-0.25, -0.2) is 0 Å². The van der Waals surface area contributed by atoms with Crippen LogP contribution in [0.3, 0.4) is 0 Å². The molecule has 2 N–H and O–H groups in total. The maximum Gasteiger partial charge on any atom is 0.176 e. The van der Waals surface area contributed by atoms with Gasteiger partial charge in [0.25, 0.3) is 0 Å². The van der Waals surface area contributed by atoms with Crippen molar-refractivity contribution in [3.05, 3.63) is 5.82 Å². The molecule has 5 heteroatoms. The van der Waals surface area contributed by atoms with Crippen molar-refractivity contribution in [1.82, 2.24) is 20.2 Å². The van der Waals surface area contributed by atoms with Gasteiger partial charge in [-0.3, -0.25) is 0 Å². The maximum atomic E-state index is 5.76. The van der Waals surface area contributed by atoms with E-state index in [2.05, 4.69) is 15.4 Å². The molecule has 0 saturated carbocycles. The van der Waals surface area contributed by atoms with Crippen LogP contribution in [0.1, 0.15) is 19.7 Å². The Hall–Kier alpha value is -0.970. The van der Waals surface area contributed by atoms with Gasteiger partial charge in [0.05, 0.1) is 7.05 Å².